The van der Waals surface area contributed by atoms with Crippen LogP contribution in [0.4, 0.5) is 9.59 Å². The highest BCUT2D eigenvalue weighted by Gasteiger charge is 2.22. The second-order valence-electron chi connectivity index (χ2n) is 8.37. The number of hydrogen-bond donors (Lipinski definition) is 1. The zero-order valence-electron chi connectivity index (χ0n) is 19.7. The quantitative estimate of drug-likeness (QED) is 0.323. The summed E-state index contributed by atoms with van der Waals surface area (Å²) >= 11 is 0. The first-order chi connectivity index (χ1) is 15.3. The van der Waals surface area contributed by atoms with E-state index in [1.807, 2.05) is 20.8 Å². The molecular weight excluding hydrogens is 438 g/mol. The minimum Gasteiger partial charge on any atom is -0.461 e. The number of carbonyl (C=O) groups is 4. The molecule has 0 heterocycles. The van der Waals surface area contributed by atoms with Crippen molar-refractivity contribution in [3.8, 4) is 11.5 Å². The predicted molar refractivity (Wildman–Crippen MR) is 115 cm³/mol. The standard InChI is InChI=1S/C22H31NO10/c1-13(31-18(24)11-22(2,3)4)12-30-19(25)15(23)9-14-7-8-16(32-20(26)28-5)17(10-14)33-21(27)29-6/h7-8,10,13,15H,9,11-12,23H2,1-6H3/t13-,15-/m0/s1. The van der Waals surface area contributed by atoms with Crippen LogP contribution in [0.25, 0.3) is 0 Å². The van der Waals surface area contributed by atoms with Crippen molar-refractivity contribution in [2.75, 3.05) is 20.8 Å². The van der Waals surface area contributed by atoms with E-state index < -0.39 is 30.4 Å². The molecule has 0 spiro atoms. The fraction of sp³-hybridized carbons (Fsp3) is 0.545. The van der Waals surface area contributed by atoms with E-state index in [0.29, 0.717) is 5.56 Å². The third kappa shape index (κ3) is 10.7. The van der Waals surface area contributed by atoms with Crippen LogP contribution in [0.1, 0.15) is 39.7 Å². The van der Waals surface area contributed by atoms with Crippen molar-refractivity contribution in [2.45, 2.75) is 52.7 Å². The van der Waals surface area contributed by atoms with Gasteiger partial charge >= 0.3 is 24.2 Å². The average molecular weight is 469 g/mol. The first kappa shape index (κ1) is 27.7. The highest BCUT2D eigenvalue weighted by Crippen LogP contribution is 2.30. The van der Waals surface area contributed by atoms with Gasteiger partial charge in [-0.2, -0.15) is 0 Å². The molecule has 1 aromatic carbocycles. The number of benzene rings is 1. The van der Waals surface area contributed by atoms with Crippen molar-refractivity contribution >= 4 is 24.2 Å². The molecule has 0 radical (unpaired) electrons. The number of hydrogen-bond acceptors (Lipinski definition) is 11. The molecule has 0 fully saturated rings. The minimum atomic E-state index is -1.05. The van der Waals surface area contributed by atoms with Gasteiger partial charge in [0.2, 0.25) is 0 Å². The monoisotopic (exact) mass is 469 g/mol. The van der Waals surface area contributed by atoms with Gasteiger partial charge in [0.25, 0.3) is 0 Å². The summed E-state index contributed by atoms with van der Waals surface area (Å²) in [4.78, 5) is 47.0. The zero-order valence-corrected chi connectivity index (χ0v) is 19.7. The van der Waals surface area contributed by atoms with E-state index in [1.165, 1.54) is 18.2 Å². The number of nitrogens with two attached hydrogens (primary N) is 1. The Kier molecular flexibility index (Phi) is 10.6. The molecule has 0 amide bonds. The van der Waals surface area contributed by atoms with Gasteiger partial charge in [0.1, 0.15) is 18.8 Å². The minimum absolute atomic E-state index is 0.0209. The number of rotatable bonds is 9. The number of ether oxygens (including phenoxy) is 6. The Morgan fingerprint density at radius 3 is 2.09 bits per heavy atom. The maximum Gasteiger partial charge on any atom is 0.513 e. The summed E-state index contributed by atoms with van der Waals surface area (Å²) in [7, 11) is 2.23. The SMILES string of the molecule is COC(=O)Oc1ccc(C[C@H](N)C(=O)OC[C@H](C)OC(=O)CC(C)(C)C)cc1OC(=O)OC. The fourth-order valence-corrected chi connectivity index (χ4v) is 2.48. The summed E-state index contributed by atoms with van der Waals surface area (Å²) in [6.07, 6.45) is -2.44. The van der Waals surface area contributed by atoms with E-state index in [1.54, 1.807) is 6.92 Å². The van der Waals surface area contributed by atoms with Crippen molar-refractivity contribution in [3.63, 3.8) is 0 Å². The predicted octanol–water partition coefficient (Wildman–Crippen LogP) is 2.76. The van der Waals surface area contributed by atoms with Gasteiger partial charge in [-0.05, 0) is 36.5 Å². The largest absolute Gasteiger partial charge is 0.513 e. The van der Waals surface area contributed by atoms with Crippen LogP contribution in [-0.2, 0) is 35.0 Å². The molecule has 1 aromatic rings. The molecule has 0 saturated carbocycles. The lowest BCUT2D eigenvalue weighted by Gasteiger charge is -2.20. The second kappa shape index (κ2) is 12.6. The smallest absolute Gasteiger partial charge is 0.461 e. The molecule has 2 atom stereocenters. The molecule has 0 unspecified atom stereocenters. The number of esters is 2. The molecular formula is C22H31NO10. The molecule has 11 nitrogen and oxygen atoms in total. The van der Waals surface area contributed by atoms with Crippen LogP contribution in [0.3, 0.4) is 0 Å². The molecule has 184 valence electrons. The maximum absolute atomic E-state index is 12.2. The lowest BCUT2D eigenvalue weighted by atomic mass is 9.92. The summed E-state index contributed by atoms with van der Waals surface area (Å²) in [6.45, 7) is 7.19. The Hall–Kier alpha value is -3.34. The van der Waals surface area contributed by atoms with Crippen LogP contribution < -0.4 is 15.2 Å². The summed E-state index contributed by atoms with van der Waals surface area (Å²) in [5.74, 6) is -1.33. The Morgan fingerprint density at radius 1 is 0.970 bits per heavy atom. The lowest BCUT2D eigenvalue weighted by molar-refractivity contribution is -0.160. The van der Waals surface area contributed by atoms with Crippen molar-refractivity contribution < 1.29 is 47.6 Å². The second-order valence-corrected chi connectivity index (χ2v) is 8.37. The normalized spacial score (nSPS) is 12.7. The van der Waals surface area contributed by atoms with E-state index >= 15 is 0 Å². The molecule has 0 aliphatic carbocycles. The Balaban J connectivity index is 2.72. The van der Waals surface area contributed by atoms with Crippen LogP contribution in [-0.4, -0.2) is 57.2 Å². The number of methoxy groups -OCH3 is 2. The van der Waals surface area contributed by atoms with E-state index in [9.17, 15) is 19.2 Å². The Bertz CT molecular complexity index is 846. The van der Waals surface area contributed by atoms with Crippen LogP contribution in [0, 0.1) is 5.41 Å². The average Bonchev–Trinajstić information content (AvgIpc) is 2.71. The molecule has 0 aliphatic rings. The molecule has 11 heteroatoms. The summed E-state index contributed by atoms with van der Waals surface area (Å²) in [6, 6.07) is 3.17. The zero-order chi connectivity index (χ0) is 25.2. The first-order valence-electron chi connectivity index (χ1n) is 10.1. The van der Waals surface area contributed by atoms with Crippen LogP contribution >= 0.6 is 0 Å². The molecule has 1 rings (SSSR count). The van der Waals surface area contributed by atoms with Crippen molar-refractivity contribution in [3.05, 3.63) is 23.8 Å². The van der Waals surface area contributed by atoms with Gasteiger partial charge in [-0.3, -0.25) is 9.59 Å². The maximum atomic E-state index is 12.2. The summed E-state index contributed by atoms with van der Waals surface area (Å²) < 4.78 is 29.1. The van der Waals surface area contributed by atoms with Crippen molar-refractivity contribution in [1.82, 2.24) is 0 Å². The van der Waals surface area contributed by atoms with Crippen LogP contribution in [0.2, 0.25) is 0 Å². The van der Waals surface area contributed by atoms with Crippen LogP contribution in [0.5, 0.6) is 11.5 Å². The summed E-state index contributed by atoms with van der Waals surface area (Å²) in [5.41, 5.74) is 6.19. The molecule has 0 aromatic heterocycles. The molecule has 2 N–H and O–H groups in total. The van der Waals surface area contributed by atoms with Gasteiger partial charge in [0.05, 0.1) is 20.6 Å². The van der Waals surface area contributed by atoms with Gasteiger partial charge in [-0.1, -0.05) is 26.8 Å². The summed E-state index contributed by atoms with van der Waals surface area (Å²) in [5, 5.41) is 0. The van der Waals surface area contributed by atoms with E-state index in [0.717, 1.165) is 14.2 Å². The van der Waals surface area contributed by atoms with Gasteiger partial charge in [-0.25, -0.2) is 9.59 Å². The van der Waals surface area contributed by atoms with E-state index in [4.69, 9.17) is 24.7 Å². The number of carbonyl (C=O) groups excluding carboxylic acids is 4. The van der Waals surface area contributed by atoms with Crippen LogP contribution in [0.15, 0.2) is 18.2 Å². The van der Waals surface area contributed by atoms with Gasteiger partial charge in [-0.15, -0.1) is 0 Å². The van der Waals surface area contributed by atoms with Crippen molar-refractivity contribution in [2.24, 2.45) is 11.1 Å². The fourth-order valence-electron chi connectivity index (χ4n) is 2.48. The van der Waals surface area contributed by atoms with E-state index in [-0.39, 0.29) is 42.3 Å². The highest BCUT2D eigenvalue weighted by molar-refractivity contribution is 5.76. The van der Waals surface area contributed by atoms with E-state index in [2.05, 4.69) is 9.47 Å². The molecule has 0 bridgehead atoms. The lowest BCUT2D eigenvalue weighted by Crippen LogP contribution is -2.36. The topological polar surface area (TPSA) is 150 Å². The third-order valence-corrected chi connectivity index (χ3v) is 3.95. The highest BCUT2D eigenvalue weighted by atomic mass is 16.7. The molecule has 0 aliphatic heterocycles. The van der Waals surface area contributed by atoms with Crippen molar-refractivity contribution in [1.29, 1.82) is 0 Å². The Morgan fingerprint density at radius 2 is 1.55 bits per heavy atom. The van der Waals surface area contributed by atoms with Gasteiger partial charge in [0.15, 0.2) is 11.5 Å². The van der Waals surface area contributed by atoms with Gasteiger partial charge < -0.3 is 34.2 Å². The third-order valence-electron chi connectivity index (χ3n) is 3.95. The van der Waals surface area contributed by atoms with Gasteiger partial charge in [0, 0.05) is 0 Å². The Labute approximate surface area is 192 Å². The molecule has 33 heavy (non-hydrogen) atoms. The molecule has 0 saturated heterocycles. The first-order valence-corrected chi connectivity index (χ1v) is 10.1.